The van der Waals surface area contributed by atoms with Crippen LogP contribution in [0.5, 0.6) is 5.75 Å². The highest BCUT2D eigenvalue weighted by atomic mass is 127. The van der Waals surface area contributed by atoms with Crippen LogP contribution in [-0.2, 0) is 17.8 Å². The number of nitrogens with one attached hydrogen (secondary N) is 2. The summed E-state index contributed by atoms with van der Waals surface area (Å²) in [5, 5.41) is 13.6. The minimum atomic E-state index is -0.391. The number of nitriles is 1. The summed E-state index contributed by atoms with van der Waals surface area (Å²) in [4.78, 5) is 15.9. The number of nitrogens with zero attached hydrogens (tertiary/aromatic N) is 1. The average Bonchev–Trinajstić information content (AvgIpc) is 3.26. The standard InChI is InChI=1S/C27H20BrI2N3O2/c28-23-12-18(13-24(30)26(23)35-16-17-5-7-21(29)8-6-17)11-20(14-31)27(34)32-10-9-19-15-33-25-4-2-1-3-22(19)25/h1-8,11-13,15,33H,9-10,16H2,(H,32,34)/b20-11-. The maximum absolute atomic E-state index is 12.6. The lowest BCUT2D eigenvalue weighted by atomic mass is 10.1. The fraction of sp³-hybridized carbons (Fsp3) is 0.111. The van der Waals surface area contributed by atoms with Gasteiger partial charge in [-0.05, 0) is 121 Å². The van der Waals surface area contributed by atoms with Gasteiger partial charge in [0.2, 0.25) is 0 Å². The molecule has 5 nitrogen and oxygen atoms in total. The van der Waals surface area contributed by atoms with Crippen molar-refractivity contribution >= 4 is 84.0 Å². The van der Waals surface area contributed by atoms with Crippen molar-refractivity contribution in [3.05, 3.63) is 101 Å². The van der Waals surface area contributed by atoms with Crippen LogP contribution < -0.4 is 10.1 Å². The van der Waals surface area contributed by atoms with E-state index in [1.165, 1.54) is 3.57 Å². The third kappa shape index (κ3) is 6.65. The van der Waals surface area contributed by atoms with Crippen LogP contribution in [0.25, 0.3) is 17.0 Å². The quantitative estimate of drug-likeness (QED) is 0.116. The predicted octanol–water partition coefficient (Wildman–Crippen LogP) is 6.98. The molecule has 0 spiro atoms. The fourth-order valence-electron chi connectivity index (χ4n) is 3.60. The Labute approximate surface area is 239 Å². The van der Waals surface area contributed by atoms with Crippen molar-refractivity contribution in [3.8, 4) is 11.8 Å². The maximum atomic E-state index is 12.6. The highest BCUT2D eigenvalue weighted by Crippen LogP contribution is 2.33. The van der Waals surface area contributed by atoms with E-state index in [-0.39, 0.29) is 5.57 Å². The molecule has 4 aromatic rings. The number of halogens is 3. The lowest BCUT2D eigenvalue weighted by Gasteiger charge is -2.12. The second-order valence-electron chi connectivity index (χ2n) is 7.76. The first-order chi connectivity index (χ1) is 16.9. The van der Waals surface area contributed by atoms with Crippen LogP contribution in [0.4, 0.5) is 0 Å². The van der Waals surface area contributed by atoms with Gasteiger partial charge in [-0.2, -0.15) is 5.26 Å². The van der Waals surface area contributed by atoms with E-state index in [0.717, 1.165) is 41.4 Å². The van der Waals surface area contributed by atoms with Crippen molar-refractivity contribution in [1.29, 1.82) is 5.26 Å². The van der Waals surface area contributed by atoms with Gasteiger partial charge in [-0.25, -0.2) is 0 Å². The smallest absolute Gasteiger partial charge is 0.261 e. The van der Waals surface area contributed by atoms with E-state index in [9.17, 15) is 10.1 Å². The second-order valence-corrected chi connectivity index (χ2v) is 11.0. The van der Waals surface area contributed by atoms with Gasteiger partial charge in [0.05, 0.1) is 8.04 Å². The number of hydrogen-bond acceptors (Lipinski definition) is 3. The summed E-state index contributed by atoms with van der Waals surface area (Å²) in [5.74, 6) is 0.334. The number of carbonyl (C=O) groups excluding carboxylic acids is 1. The van der Waals surface area contributed by atoms with Crippen LogP contribution in [0.15, 0.2) is 76.9 Å². The first-order valence-corrected chi connectivity index (χ1v) is 13.7. The van der Waals surface area contributed by atoms with Crippen molar-refractivity contribution < 1.29 is 9.53 Å². The normalized spacial score (nSPS) is 11.3. The molecule has 1 heterocycles. The number of para-hydroxylation sites is 1. The summed E-state index contributed by atoms with van der Waals surface area (Å²) in [6.45, 7) is 0.884. The predicted molar refractivity (Wildman–Crippen MR) is 159 cm³/mol. The number of carbonyl (C=O) groups is 1. The molecule has 0 saturated carbocycles. The number of hydrogen-bond donors (Lipinski definition) is 2. The molecule has 176 valence electrons. The van der Waals surface area contributed by atoms with E-state index < -0.39 is 5.91 Å². The van der Waals surface area contributed by atoms with Crippen molar-refractivity contribution in [2.45, 2.75) is 13.0 Å². The highest BCUT2D eigenvalue weighted by molar-refractivity contribution is 14.1. The molecule has 35 heavy (non-hydrogen) atoms. The van der Waals surface area contributed by atoms with E-state index >= 15 is 0 Å². The molecule has 1 amide bonds. The van der Waals surface area contributed by atoms with Gasteiger partial charge in [0, 0.05) is 27.2 Å². The highest BCUT2D eigenvalue weighted by Gasteiger charge is 2.13. The summed E-state index contributed by atoms with van der Waals surface area (Å²) in [5.41, 5.74) is 4.07. The monoisotopic (exact) mass is 751 g/mol. The summed E-state index contributed by atoms with van der Waals surface area (Å²) in [7, 11) is 0. The van der Waals surface area contributed by atoms with E-state index in [2.05, 4.69) is 77.5 Å². The second kappa shape index (κ2) is 12.1. The van der Waals surface area contributed by atoms with E-state index in [0.29, 0.717) is 19.6 Å². The number of H-pyrrole nitrogens is 1. The zero-order valence-electron chi connectivity index (χ0n) is 18.4. The van der Waals surface area contributed by atoms with Crippen LogP contribution in [0.1, 0.15) is 16.7 Å². The van der Waals surface area contributed by atoms with Crippen LogP contribution in [0, 0.1) is 18.5 Å². The van der Waals surface area contributed by atoms with Crippen LogP contribution in [0.2, 0.25) is 0 Å². The number of benzene rings is 3. The Balaban J connectivity index is 1.40. The number of rotatable bonds is 8. The fourth-order valence-corrected chi connectivity index (χ4v) is 5.72. The van der Waals surface area contributed by atoms with Gasteiger partial charge >= 0.3 is 0 Å². The van der Waals surface area contributed by atoms with Crippen molar-refractivity contribution in [2.24, 2.45) is 0 Å². The van der Waals surface area contributed by atoms with Gasteiger partial charge in [0.1, 0.15) is 24.0 Å². The van der Waals surface area contributed by atoms with E-state index in [4.69, 9.17) is 4.74 Å². The zero-order valence-corrected chi connectivity index (χ0v) is 24.3. The molecule has 0 saturated heterocycles. The number of aromatic nitrogens is 1. The summed E-state index contributed by atoms with van der Waals surface area (Å²) >= 11 is 8.04. The number of amides is 1. The van der Waals surface area contributed by atoms with Gasteiger partial charge < -0.3 is 15.0 Å². The molecule has 0 aliphatic carbocycles. The van der Waals surface area contributed by atoms with Crippen molar-refractivity contribution in [3.63, 3.8) is 0 Å². The molecule has 0 radical (unpaired) electrons. The Morgan fingerprint density at radius 3 is 2.66 bits per heavy atom. The average molecular weight is 752 g/mol. The van der Waals surface area contributed by atoms with Gasteiger partial charge in [-0.3, -0.25) is 4.79 Å². The topological polar surface area (TPSA) is 77.9 Å². The van der Waals surface area contributed by atoms with Gasteiger partial charge in [0.15, 0.2) is 0 Å². The Morgan fingerprint density at radius 2 is 1.91 bits per heavy atom. The number of ether oxygens (including phenoxy) is 1. The summed E-state index contributed by atoms with van der Waals surface area (Å²) in [6.07, 6.45) is 4.22. The summed E-state index contributed by atoms with van der Waals surface area (Å²) in [6, 6.07) is 22.0. The molecule has 4 rings (SSSR count). The molecule has 0 fully saturated rings. The molecule has 0 atom stereocenters. The Bertz CT molecular complexity index is 1420. The number of aromatic amines is 1. The van der Waals surface area contributed by atoms with Gasteiger partial charge in [-0.15, -0.1) is 0 Å². The van der Waals surface area contributed by atoms with Crippen LogP contribution >= 0.6 is 61.1 Å². The summed E-state index contributed by atoms with van der Waals surface area (Å²) < 4.78 is 8.84. The molecule has 3 aromatic carbocycles. The third-order valence-corrected chi connectivity index (χ3v) is 7.46. The Morgan fingerprint density at radius 1 is 1.14 bits per heavy atom. The van der Waals surface area contributed by atoms with Gasteiger partial charge in [0.25, 0.3) is 5.91 Å². The van der Waals surface area contributed by atoms with Crippen molar-refractivity contribution in [1.82, 2.24) is 10.3 Å². The third-order valence-electron chi connectivity index (χ3n) is 5.35. The largest absolute Gasteiger partial charge is 0.487 e. The first-order valence-electron chi connectivity index (χ1n) is 10.8. The Hall–Kier alpha value is -2.36. The molecule has 1 aromatic heterocycles. The lowest BCUT2D eigenvalue weighted by molar-refractivity contribution is -0.117. The lowest BCUT2D eigenvalue weighted by Crippen LogP contribution is -2.26. The molecular formula is C27H20BrI2N3O2. The van der Waals surface area contributed by atoms with Crippen LogP contribution in [0.3, 0.4) is 0 Å². The zero-order chi connectivity index (χ0) is 24.8. The van der Waals surface area contributed by atoms with Gasteiger partial charge in [-0.1, -0.05) is 30.3 Å². The maximum Gasteiger partial charge on any atom is 0.261 e. The first kappa shape index (κ1) is 25.7. The molecule has 0 aliphatic heterocycles. The Kier molecular flexibility index (Phi) is 8.86. The molecule has 0 unspecified atom stereocenters. The van der Waals surface area contributed by atoms with E-state index in [1.54, 1.807) is 6.08 Å². The van der Waals surface area contributed by atoms with E-state index in [1.807, 2.05) is 66.9 Å². The molecule has 8 heteroatoms. The SMILES string of the molecule is N#C/C(=C/c1cc(Br)c(OCc2ccc(I)cc2)c(I)c1)C(=O)NCCc1c[nH]c2ccccc12. The minimum absolute atomic E-state index is 0.0548. The number of fused-ring (bicyclic) bond motifs is 1. The molecular weight excluding hydrogens is 732 g/mol. The molecule has 2 N–H and O–H groups in total. The van der Waals surface area contributed by atoms with Crippen molar-refractivity contribution in [2.75, 3.05) is 6.54 Å². The molecule has 0 bridgehead atoms. The molecule has 0 aliphatic rings. The minimum Gasteiger partial charge on any atom is -0.487 e. The van der Waals surface area contributed by atoms with Crippen LogP contribution in [-0.4, -0.2) is 17.4 Å².